The van der Waals surface area contributed by atoms with E-state index in [0.717, 1.165) is 24.9 Å². The van der Waals surface area contributed by atoms with Gasteiger partial charge in [-0.15, -0.1) is 5.10 Å². The second-order valence-corrected chi connectivity index (χ2v) is 7.06. The molecule has 0 radical (unpaired) electrons. The van der Waals surface area contributed by atoms with Crippen LogP contribution in [0.5, 0.6) is 5.75 Å². The third-order valence-corrected chi connectivity index (χ3v) is 5.14. The first-order valence-electron chi connectivity index (χ1n) is 9.12. The van der Waals surface area contributed by atoms with Crippen LogP contribution in [0.4, 0.5) is 0 Å². The molecule has 2 aromatic rings. The minimum absolute atomic E-state index is 0.00276. The maximum atomic E-state index is 12.2. The Morgan fingerprint density at radius 3 is 3.04 bits per heavy atom. The summed E-state index contributed by atoms with van der Waals surface area (Å²) >= 11 is 0. The van der Waals surface area contributed by atoms with Gasteiger partial charge in [0.15, 0.2) is 6.61 Å². The molecule has 2 fully saturated rings. The zero-order valence-corrected chi connectivity index (χ0v) is 14.6. The Morgan fingerprint density at radius 1 is 1.35 bits per heavy atom. The molecule has 2 aliphatic rings. The van der Waals surface area contributed by atoms with Crippen molar-refractivity contribution >= 4 is 5.91 Å². The van der Waals surface area contributed by atoms with Gasteiger partial charge in [0.1, 0.15) is 12.1 Å². The molecule has 26 heavy (non-hydrogen) atoms. The van der Waals surface area contributed by atoms with Gasteiger partial charge in [0.05, 0.1) is 23.9 Å². The lowest BCUT2D eigenvalue weighted by Gasteiger charge is -2.32. The van der Waals surface area contributed by atoms with Gasteiger partial charge in [0.2, 0.25) is 0 Å². The van der Waals surface area contributed by atoms with Gasteiger partial charge in [0.25, 0.3) is 5.91 Å². The van der Waals surface area contributed by atoms with Crippen molar-refractivity contribution in [3.8, 4) is 11.4 Å². The summed E-state index contributed by atoms with van der Waals surface area (Å²) in [6.45, 7) is 0.573. The molecule has 0 unspecified atom stereocenters. The Labute approximate surface area is 151 Å². The SMILES string of the molecule is O=C(COc1cccc(-n2cnnn2)c1)N[C@H]1COC2(CCCCC2)C1. The third-order valence-electron chi connectivity index (χ3n) is 5.14. The minimum atomic E-state index is -0.126. The number of ether oxygens (including phenoxy) is 2. The summed E-state index contributed by atoms with van der Waals surface area (Å²) in [7, 11) is 0. The number of carbonyl (C=O) groups is 1. The van der Waals surface area contributed by atoms with E-state index in [9.17, 15) is 4.79 Å². The van der Waals surface area contributed by atoms with E-state index in [1.807, 2.05) is 12.1 Å². The zero-order valence-electron chi connectivity index (χ0n) is 14.6. The van der Waals surface area contributed by atoms with E-state index in [1.165, 1.54) is 30.3 Å². The van der Waals surface area contributed by atoms with E-state index in [2.05, 4.69) is 20.8 Å². The molecule has 8 heteroatoms. The second-order valence-electron chi connectivity index (χ2n) is 7.06. The highest BCUT2D eigenvalue weighted by Crippen LogP contribution is 2.39. The van der Waals surface area contributed by atoms with Crippen LogP contribution in [0.15, 0.2) is 30.6 Å². The summed E-state index contributed by atoms with van der Waals surface area (Å²) in [5.41, 5.74) is 0.772. The summed E-state index contributed by atoms with van der Waals surface area (Å²) in [6, 6.07) is 7.37. The summed E-state index contributed by atoms with van der Waals surface area (Å²) in [4.78, 5) is 12.2. The van der Waals surface area contributed by atoms with Crippen molar-refractivity contribution in [1.29, 1.82) is 0 Å². The van der Waals surface area contributed by atoms with Crippen molar-refractivity contribution < 1.29 is 14.3 Å². The van der Waals surface area contributed by atoms with Gasteiger partial charge >= 0.3 is 0 Å². The maximum Gasteiger partial charge on any atom is 0.258 e. The lowest BCUT2D eigenvalue weighted by atomic mass is 9.82. The van der Waals surface area contributed by atoms with E-state index < -0.39 is 0 Å². The normalized spacial score (nSPS) is 21.6. The van der Waals surface area contributed by atoms with Crippen LogP contribution in [0.1, 0.15) is 38.5 Å². The first-order chi connectivity index (χ1) is 12.7. The summed E-state index contributed by atoms with van der Waals surface area (Å²) in [6.07, 6.45) is 8.38. The fourth-order valence-electron chi connectivity index (χ4n) is 3.90. The Hall–Kier alpha value is -2.48. The van der Waals surface area contributed by atoms with Crippen molar-refractivity contribution in [3.05, 3.63) is 30.6 Å². The first kappa shape index (κ1) is 17.0. The molecular weight excluding hydrogens is 334 g/mol. The number of benzene rings is 1. The molecule has 138 valence electrons. The number of amides is 1. The monoisotopic (exact) mass is 357 g/mol. The highest BCUT2D eigenvalue weighted by molar-refractivity contribution is 5.77. The van der Waals surface area contributed by atoms with Crippen molar-refractivity contribution in [3.63, 3.8) is 0 Å². The van der Waals surface area contributed by atoms with E-state index in [4.69, 9.17) is 9.47 Å². The predicted molar refractivity (Wildman–Crippen MR) is 93.0 cm³/mol. The van der Waals surface area contributed by atoms with Gasteiger partial charge in [0, 0.05) is 6.07 Å². The number of aromatic nitrogens is 4. The average Bonchev–Trinajstić information content (AvgIpc) is 3.32. The number of hydrogen-bond acceptors (Lipinski definition) is 6. The summed E-state index contributed by atoms with van der Waals surface area (Å²) < 4.78 is 13.2. The molecule has 1 aromatic heterocycles. The van der Waals surface area contributed by atoms with Crippen LogP contribution < -0.4 is 10.1 Å². The molecule has 4 rings (SSSR count). The molecule has 1 saturated heterocycles. The van der Waals surface area contributed by atoms with E-state index >= 15 is 0 Å². The fourth-order valence-corrected chi connectivity index (χ4v) is 3.90. The number of nitrogens with one attached hydrogen (secondary N) is 1. The number of carbonyl (C=O) groups excluding carboxylic acids is 1. The zero-order chi connectivity index (χ0) is 17.8. The molecule has 8 nitrogen and oxygen atoms in total. The van der Waals surface area contributed by atoms with Crippen molar-refractivity contribution in [2.45, 2.75) is 50.2 Å². The molecular formula is C18H23N5O3. The lowest BCUT2D eigenvalue weighted by molar-refractivity contribution is -0.123. The molecule has 1 aliphatic carbocycles. The van der Waals surface area contributed by atoms with Gasteiger partial charge < -0.3 is 14.8 Å². The molecule has 1 aromatic carbocycles. The molecule has 1 N–H and O–H groups in total. The molecule has 0 bridgehead atoms. The second kappa shape index (κ2) is 7.41. The summed E-state index contributed by atoms with van der Waals surface area (Å²) in [5, 5.41) is 14.1. The number of rotatable bonds is 5. The van der Waals surface area contributed by atoms with Gasteiger partial charge in [-0.25, -0.2) is 4.68 Å². The Kier molecular flexibility index (Phi) is 4.83. The highest BCUT2D eigenvalue weighted by atomic mass is 16.5. The minimum Gasteiger partial charge on any atom is -0.484 e. The standard InChI is InChI=1S/C18H23N5O3/c24-17(20-14-10-18(26-11-14)7-2-1-3-8-18)12-25-16-6-4-5-15(9-16)23-13-19-21-22-23/h4-6,9,13-14H,1-3,7-8,10-12H2,(H,20,24)/t14-/m1/s1. The summed E-state index contributed by atoms with van der Waals surface area (Å²) in [5.74, 6) is 0.471. The van der Waals surface area contributed by atoms with Gasteiger partial charge in [-0.05, 0) is 41.8 Å². The van der Waals surface area contributed by atoms with Crippen molar-refractivity contribution in [2.75, 3.05) is 13.2 Å². The lowest BCUT2D eigenvalue weighted by Crippen LogP contribution is -2.39. The highest BCUT2D eigenvalue weighted by Gasteiger charge is 2.41. The Balaban J connectivity index is 1.27. The first-order valence-corrected chi connectivity index (χ1v) is 9.12. The number of nitrogens with zero attached hydrogens (tertiary/aromatic N) is 4. The topological polar surface area (TPSA) is 91.2 Å². The molecule has 1 saturated carbocycles. The van der Waals surface area contributed by atoms with Crippen LogP contribution in [-0.4, -0.2) is 51.0 Å². The smallest absolute Gasteiger partial charge is 0.258 e. The molecule has 2 heterocycles. The van der Waals surface area contributed by atoms with Crippen LogP contribution >= 0.6 is 0 Å². The van der Waals surface area contributed by atoms with Crippen LogP contribution in [0.3, 0.4) is 0 Å². The van der Waals surface area contributed by atoms with Crippen LogP contribution in [0.25, 0.3) is 5.69 Å². The van der Waals surface area contributed by atoms with Gasteiger partial charge in [-0.1, -0.05) is 25.3 Å². The molecule has 1 aliphatic heterocycles. The molecule has 1 atom stereocenters. The van der Waals surface area contributed by atoms with Gasteiger partial charge in [-0.3, -0.25) is 4.79 Å². The van der Waals surface area contributed by atoms with E-state index in [0.29, 0.717) is 12.4 Å². The van der Waals surface area contributed by atoms with Crippen molar-refractivity contribution in [2.24, 2.45) is 0 Å². The average molecular weight is 357 g/mol. The van der Waals surface area contributed by atoms with Crippen LogP contribution in [0, 0.1) is 0 Å². The van der Waals surface area contributed by atoms with E-state index in [1.54, 1.807) is 12.1 Å². The predicted octanol–water partition coefficient (Wildman–Crippen LogP) is 1.65. The Morgan fingerprint density at radius 2 is 2.23 bits per heavy atom. The quantitative estimate of drug-likeness (QED) is 0.875. The number of tetrazole rings is 1. The van der Waals surface area contributed by atoms with E-state index in [-0.39, 0.29) is 24.2 Å². The molecule has 1 amide bonds. The number of hydrogen-bond donors (Lipinski definition) is 1. The largest absolute Gasteiger partial charge is 0.484 e. The van der Waals surface area contributed by atoms with Crippen LogP contribution in [0.2, 0.25) is 0 Å². The van der Waals surface area contributed by atoms with Crippen molar-refractivity contribution in [1.82, 2.24) is 25.5 Å². The fraction of sp³-hybridized carbons (Fsp3) is 0.556. The molecule has 1 spiro atoms. The van der Waals surface area contributed by atoms with Gasteiger partial charge in [-0.2, -0.15) is 0 Å². The maximum absolute atomic E-state index is 12.2. The van der Waals surface area contributed by atoms with Crippen LogP contribution in [-0.2, 0) is 9.53 Å². The third kappa shape index (κ3) is 3.85. The Bertz CT molecular complexity index is 743.